The molecule has 1 saturated carbocycles. The summed E-state index contributed by atoms with van der Waals surface area (Å²) in [5, 5.41) is 0. The zero-order chi connectivity index (χ0) is 20.9. The molecule has 0 bridgehead atoms. The first-order valence-electron chi connectivity index (χ1n) is 10.5. The highest BCUT2D eigenvalue weighted by atomic mass is 16.7. The third-order valence-corrected chi connectivity index (χ3v) is 5.63. The van der Waals surface area contributed by atoms with E-state index in [2.05, 4.69) is 12.1 Å². The van der Waals surface area contributed by atoms with Crippen LogP contribution in [-0.4, -0.2) is 43.3 Å². The van der Waals surface area contributed by atoms with Gasteiger partial charge < -0.3 is 19.1 Å². The Balaban J connectivity index is 1.40. The molecule has 1 fully saturated rings. The molecule has 158 valence electrons. The van der Waals surface area contributed by atoms with Gasteiger partial charge >= 0.3 is 5.97 Å². The van der Waals surface area contributed by atoms with Gasteiger partial charge in [-0.2, -0.15) is 0 Å². The zero-order valence-corrected chi connectivity index (χ0v) is 17.2. The molecule has 2 aromatic rings. The van der Waals surface area contributed by atoms with Crippen LogP contribution >= 0.6 is 0 Å². The fraction of sp³-hybridized carbons (Fsp3) is 0.417. The van der Waals surface area contributed by atoms with Gasteiger partial charge in [-0.15, -0.1) is 0 Å². The summed E-state index contributed by atoms with van der Waals surface area (Å²) in [5.74, 6) is 1.40. The molecular weight excluding hydrogens is 382 g/mol. The molecule has 1 amide bonds. The fourth-order valence-corrected chi connectivity index (χ4v) is 3.83. The zero-order valence-electron chi connectivity index (χ0n) is 17.2. The van der Waals surface area contributed by atoms with Crippen molar-refractivity contribution < 1.29 is 23.8 Å². The fourth-order valence-electron chi connectivity index (χ4n) is 3.83. The topological polar surface area (TPSA) is 65.1 Å². The van der Waals surface area contributed by atoms with Crippen LogP contribution in [0.3, 0.4) is 0 Å². The van der Waals surface area contributed by atoms with Crippen molar-refractivity contribution in [2.24, 2.45) is 11.8 Å². The quantitative estimate of drug-likeness (QED) is 0.595. The van der Waals surface area contributed by atoms with Gasteiger partial charge in [0.1, 0.15) is 0 Å². The second kappa shape index (κ2) is 9.20. The molecule has 1 aliphatic carbocycles. The Bertz CT molecular complexity index is 898. The number of amides is 1. The van der Waals surface area contributed by atoms with E-state index in [4.69, 9.17) is 14.2 Å². The molecule has 2 aromatic carbocycles. The summed E-state index contributed by atoms with van der Waals surface area (Å²) >= 11 is 0. The predicted molar refractivity (Wildman–Crippen MR) is 111 cm³/mol. The minimum atomic E-state index is -0.145. The minimum absolute atomic E-state index is 0.0549. The predicted octanol–water partition coefficient (Wildman–Crippen LogP) is 3.23. The van der Waals surface area contributed by atoms with Crippen LogP contribution in [0.4, 0.5) is 0 Å². The van der Waals surface area contributed by atoms with E-state index in [0.29, 0.717) is 37.6 Å². The molecule has 1 heterocycles. The molecular formula is C24H27NO5. The van der Waals surface area contributed by atoms with Crippen LogP contribution in [0.1, 0.15) is 24.5 Å². The molecule has 6 nitrogen and oxygen atoms in total. The van der Waals surface area contributed by atoms with Gasteiger partial charge in [-0.3, -0.25) is 9.59 Å². The van der Waals surface area contributed by atoms with E-state index in [1.54, 1.807) is 0 Å². The maximum absolute atomic E-state index is 13.1. The molecule has 0 saturated heterocycles. The Labute approximate surface area is 176 Å². The van der Waals surface area contributed by atoms with E-state index in [1.165, 1.54) is 5.56 Å². The van der Waals surface area contributed by atoms with Crippen LogP contribution in [0, 0.1) is 11.8 Å². The Hall–Kier alpha value is -3.02. The van der Waals surface area contributed by atoms with Gasteiger partial charge in [-0.05, 0) is 48.9 Å². The molecule has 30 heavy (non-hydrogen) atoms. The van der Waals surface area contributed by atoms with Gasteiger partial charge in [0.25, 0.3) is 0 Å². The maximum atomic E-state index is 13.1. The first-order valence-corrected chi connectivity index (χ1v) is 10.5. The van der Waals surface area contributed by atoms with Crippen LogP contribution in [0.5, 0.6) is 11.5 Å². The number of nitrogens with zero attached hydrogens (tertiary/aromatic N) is 1. The lowest BCUT2D eigenvalue weighted by molar-refractivity contribution is -0.145. The molecule has 1 aliphatic heterocycles. The van der Waals surface area contributed by atoms with E-state index >= 15 is 0 Å². The number of hydrogen-bond acceptors (Lipinski definition) is 5. The summed E-state index contributed by atoms with van der Waals surface area (Å²) in [7, 11) is 0. The summed E-state index contributed by atoms with van der Waals surface area (Å²) < 4.78 is 15.9. The van der Waals surface area contributed by atoms with E-state index < -0.39 is 0 Å². The summed E-state index contributed by atoms with van der Waals surface area (Å²) in [4.78, 5) is 27.0. The van der Waals surface area contributed by atoms with Crippen molar-refractivity contribution in [3.63, 3.8) is 0 Å². The highest BCUT2D eigenvalue weighted by molar-refractivity contribution is 5.80. The molecule has 6 heteroatoms. The second-order valence-electron chi connectivity index (χ2n) is 7.79. The normalized spacial score (nSPS) is 18.7. The molecule has 2 atom stereocenters. The SMILES string of the molecule is CCOC(=O)[C@@H]1C[C@H]1CN(CCc1ccccc1)C(=O)Cc1ccc2c(c1)OCO2. The van der Waals surface area contributed by atoms with Gasteiger partial charge in [-0.25, -0.2) is 0 Å². The molecule has 0 spiro atoms. The van der Waals surface area contributed by atoms with Crippen LogP contribution in [-0.2, 0) is 27.2 Å². The van der Waals surface area contributed by atoms with Crippen LogP contribution in [0.15, 0.2) is 48.5 Å². The number of hydrogen-bond donors (Lipinski definition) is 0. The standard InChI is InChI=1S/C24H27NO5/c1-2-28-24(27)20-14-19(20)15-25(11-10-17-6-4-3-5-7-17)23(26)13-18-8-9-21-22(12-18)30-16-29-21/h3-9,12,19-20H,2,10-11,13-16H2,1H3/t19-,20+/m0/s1. The largest absolute Gasteiger partial charge is 0.466 e. The first kappa shape index (κ1) is 20.3. The summed E-state index contributed by atoms with van der Waals surface area (Å²) in [5.41, 5.74) is 2.09. The molecule has 2 aliphatic rings. The van der Waals surface area contributed by atoms with E-state index in [-0.39, 0.29) is 30.5 Å². The van der Waals surface area contributed by atoms with Crippen molar-refractivity contribution in [1.29, 1.82) is 0 Å². The van der Waals surface area contributed by atoms with E-state index in [0.717, 1.165) is 18.4 Å². The van der Waals surface area contributed by atoms with E-state index in [1.807, 2.05) is 48.2 Å². The Kier molecular flexibility index (Phi) is 6.21. The van der Waals surface area contributed by atoms with E-state index in [9.17, 15) is 9.59 Å². The lowest BCUT2D eigenvalue weighted by atomic mass is 10.1. The summed E-state index contributed by atoms with van der Waals surface area (Å²) in [6, 6.07) is 15.8. The Morgan fingerprint density at radius 3 is 2.67 bits per heavy atom. The Morgan fingerprint density at radius 2 is 1.87 bits per heavy atom. The number of fused-ring (bicyclic) bond motifs is 1. The minimum Gasteiger partial charge on any atom is -0.466 e. The number of rotatable bonds is 9. The molecule has 0 unspecified atom stereocenters. The summed E-state index contributed by atoms with van der Waals surface area (Å²) in [6.45, 7) is 3.63. The monoisotopic (exact) mass is 409 g/mol. The van der Waals surface area contributed by atoms with Gasteiger partial charge in [0, 0.05) is 13.1 Å². The Morgan fingerprint density at radius 1 is 1.07 bits per heavy atom. The van der Waals surface area contributed by atoms with Crippen molar-refractivity contribution in [2.45, 2.75) is 26.2 Å². The number of carbonyl (C=O) groups is 2. The van der Waals surface area contributed by atoms with Crippen LogP contribution in [0.2, 0.25) is 0 Å². The summed E-state index contributed by atoms with van der Waals surface area (Å²) in [6.07, 6.45) is 1.87. The number of ether oxygens (including phenoxy) is 3. The highest BCUT2D eigenvalue weighted by Gasteiger charge is 2.45. The third kappa shape index (κ3) is 4.93. The van der Waals surface area contributed by atoms with Gasteiger partial charge in [0.05, 0.1) is 18.9 Å². The van der Waals surface area contributed by atoms with Gasteiger partial charge in [0.15, 0.2) is 11.5 Å². The number of benzene rings is 2. The second-order valence-corrected chi connectivity index (χ2v) is 7.79. The third-order valence-electron chi connectivity index (χ3n) is 5.63. The first-order chi connectivity index (χ1) is 14.6. The molecule has 4 rings (SSSR count). The number of esters is 1. The average Bonchev–Trinajstić information content (AvgIpc) is 3.38. The maximum Gasteiger partial charge on any atom is 0.309 e. The highest BCUT2D eigenvalue weighted by Crippen LogP contribution is 2.40. The number of carbonyl (C=O) groups excluding carboxylic acids is 2. The van der Waals surface area contributed by atoms with Gasteiger partial charge in [0.2, 0.25) is 12.7 Å². The smallest absolute Gasteiger partial charge is 0.309 e. The van der Waals surface area contributed by atoms with Gasteiger partial charge in [-0.1, -0.05) is 36.4 Å². The lowest BCUT2D eigenvalue weighted by Crippen LogP contribution is -2.36. The van der Waals surface area contributed by atoms with Crippen LogP contribution < -0.4 is 9.47 Å². The molecule has 0 radical (unpaired) electrons. The van der Waals surface area contributed by atoms with Crippen molar-refractivity contribution in [1.82, 2.24) is 4.90 Å². The van der Waals surface area contributed by atoms with Crippen molar-refractivity contribution in [3.05, 3.63) is 59.7 Å². The van der Waals surface area contributed by atoms with Crippen molar-refractivity contribution in [2.75, 3.05) is 26.5 Å². The van der Waals surface area contributed by atoms with Crippen molar-refractivity contribution in [3.8, 4) is 11.5 Å². The molecule has 0 N–H and O–H groups in total. The van der Waals surface area contributed by atoms with Crippen molar-refractivity contribution >= 4 is 11.9 Å². The average molecular weight is 409 g/mol. The lowest BCUT2D eigenvalue weighted by Gasteiger charge is -2.23. The molecule has 0 aromatic heterocycles. The van der Waals surface area contributed by atoms with Crippen LogP contribution in [0.25, 0.3) is 0 Å².